The summed E-state index contributed by atoms with van der Waals surface area (Å²) in [7, 11) is 0. The van der Waals surface area contributed by atoms with Gasteiger partial charge in [-0.25, -0.2) is 0 Å². The van der Waals surface area contributed by atoms with E-state index in [-0.39, 0.29) is 25.5 Å². The average molecular weight is 286 g/mol. The van der Waals surface area contributed by atoms with Crippen LogP contribution in [0.4, 0.5) is 0 Å². The standard InChI is InChI=1S/C13H16ClNO4/c14-9-4-2-1-3-8(9)5-12(17)15-10-6-19-7-11(16)13(10)18/h1-4,10-11,13,16,18H,5-7H2,(H,15,17)/t10-,11-,13+/m1/s1. The van der Waals surface area contributed by atoms with Crippen molar-refractivity contribution in [3.8, 4) is 0 Å². The molecule has 0 radical (unpaired) electrons. The molecule has 1 aromatic carbocycles. The van der Waals surface area contributed by atoms with E-state index in [0.29, 0.717) is 10.6 Å². The number of hydrogen-bond acceptors (Lipinski definition) is 4. The molecule has 3 atom stereocenters. The highest BCUT2D eigenvalue weighted by molar-refractivity contribution is 6.31. The van der Waals surface area contributed by atoms with E-state index in [1.165, 1.54) is 0 Å². The van der Waals surface area contributed by atoms with Crippen molar-refractivity contribution in [1.29, 1.82) is 0 Å². The van der Waals surface area contributed by atoms with Crippen LogP contribution in [0.15, 0.2) is 24.3 Å². The molecule has 0 saturated carbocycles. The Kier molecular flexibility index (Phi) is 4.76. The van der Waals surface area contributed by atoms with Gasteiger partial charge in [-0.1, -0.05) is 29.8 Å². The van der Waals surface area contributed by atoms with Crippen LogP contribution in [-0.2, 0) is 16.0 Å². The summed E-state index contributed by atoms with van der Waals surface area (Å²) in [4.78, 5) is 11.9. The maximum Gasteiger partial charge on any atom is 0.224 e. The molecule has 3 N–H and O–H groups in total. The second-order valence-corrected chi connectivity index (χ2v) is 4.94. The van der Waals surface area contributed by atoms with Crippen molar-refractivity contribution in [3.63, 3.8) is 0 Å². The quantitative estimate of drug-likeness (QED) is 0.737. The maximum absolute atomic E-state index is 11.9. The van der Waals surface area contributed by atoms with Crippen LogP contribution in [0.1, 0.15) is 5.56 Å². The summed E-state index contributed by atoms with van der Waals surface area (Å²) in [6, 6.07) is 6.48. The minimum Gasteiger partial charge on any atom is -0.388 e. The zero-order chi connectivity index (χ0) is 13.8. The minimum absolute atomic E-state index is 0.0814. The smallest absolute Gasteiger partial charge is 0.224 e. The number of carbonyl (C=O) groups is 1. The van der Waals surface area contributed by atoms with Gasteiger partial charge in [0.25, 0.3) is 0 Å². The summed E-state index contributed by atoms with van der Waals surface area (Å²) in [6.45, 7) is 0.268. The average Bonchev–Trinajstić information content (AvgIpc) is 2.38. The van der Waals surface area contributed by atoms with Crippen LogP contribution in [0.25, 0.3) is 0 Å². The third-order valence-corrected chi connectivity index (χ3v) is 3.42. The fourth-order valence-corrected chi connectivity index (χ4v) is 2.18. The molecule has 1 heterocycles. The number of hydrogen-bond donors (Lipinski definition) is 3. The van der Waals surface area contributed by atoms with E-state index >= 15 is 0 Å². The lowest BCUT2D eigenvalue weighted by Gasteiger charge is -2.32. The van der Waals surface area contributed by atoms with E-state index in [4.69, 9.17) is 16.3 Å². The second-order valence-electron chi connectivity index (χ2n) is 4.54. The Balaban J connectivity index is 1.93. The van der Waals surface area contributed by atoms with Crippen molar-refractivity contribution in [2.24, 2.45) is 0 Å². The molecule has 5 nitrogen and oxygen atoms in total. The predicted molar refractivity (Wildman–Crippen MR) is 69.9 cm³/mol. The third-order valence-electron chi connectivity index (χ3n) is 3.05. The van der Waals surface area contributed by atoms with Gasteiger partial charge in [-0.3, -0.25) is 4.79 Å². The Morgan fingerprint density at radius 3 is 2.84 bits per heavy atom. The van der Waals surface area contributed by atoms with Crippen molar-refractivity contribution in [2.75, 3.05) is 13.2 Å². The van der Waals surface area contributed by atoms with Gasteiger partial charge < -0.3 is 20.3 Å². The summed E-state index contributed by atoms with van der Waals surface area (Å²) in [5.41, 5.74) is 0.716. The van der Waals surface area contributed by atoms with Crippen LogP contribution in [0, 0.1) is 0 Å². The first-order valence-corrected chi connectivity index (χ1v) is 6.42. The van der Waals surface area contributed by atoms with Crippen molar-refractivity contribution in [3.05, 3.63) is 34.9 Å². The number of amides is 1. The Bertz CT molecular complexity index is 454. The lowest BCUT2D eigenvalue weighted by molar-refractivity contribution is -0.131. The normalized spacial score (nSPS) is 27.0. The van der Waals surface area contributed by atoms with E-state index in [2.05, 4.69) is 5.32 Å². The van der Waals surface area contributed by atoms with Crippen molar-refractivity contribution < 1.29 is 19.7 Å². The Morgan fingerprint density at radius 1 is 1.37 bits per heavy atom. The van der Waals surface area contributed by atoms with E-state index in [0.717, 1.165) is 0 Å². The largest absolute Gasteiger partial charge is 0.388 e. The molecule has 1 amide bonds. The molecule has 1 fully saturated rings. The van der Waals surface area contributed by atoms with E-state index < -0.39 is 18.2 Å². The number of halogens is 1. The first-order valence-electron chi connectivity index (χ1n) is 6.04. The first-order chi connectivity index (χ1) is 9.08. The van der Waals surface area contributed by atoms with Crippen LogP contribution >= 0.6 is 11.6 Å². The summed E-state index contributed by atoms with van der Waals surface area (Å²) in [6.07, 6.45) is -1.86. The van der Waals surface area contributed by atoms with Gasteiger partial charge in [0.1, 0.15) is 12.2 Å². The number of nitrogens with one attached hydrogen (secondary N) is 1. The molecule has 1 aromatic rings. The van der Waals surface area contributed by atoms with Crippen molar-refractivity contribution >= 4 is 17.5 Å². The Hall–Kier alpha value is -1.14. The van der Waals surface area contributed by atoms with Crippen LogP contribution < -0.4 is 5.32 Å². The van der Waals surface area contributed by atoms with Crippen molar-refractivity contribution in [1.82, 2.24) is 5.32 Å². The number of aliphatic hydroxyl groups is 2. The number of carbonyl (C=O) groups excluding carboxylic acids is 1. The van der Waals surface area contributed by atoms with Gasteiger partial charge in [0, 0.05) is 5.02 Å². The molecular weight excluding hydrogens is 270 g/mol. The minimum atomic E-state index is -1.01. The van der Waals surface area contributed by atoms with Crippen LogP contribution in [0.5, 0.6) is 0 Å². The van der Waals surface area contributed by atoms with Gasteiger partial charge in [0.15, 0.2) is 0 Å². The van der Waals surface area contributed by atoms with Crippen LogP contribution in [0.2, 0.25) is 5.02 Å². The number of aliphatic hydroxyl groups excluding tert-OH is 2. The Labute approximate surface area is 116 Å². The summed E-state index contributed by atoms with van der Waals surface area (Å²) < 4.78 is 5.09. The summed E-state index contributed by atoms with van der Waals surface area (Å²) in [5.74, 6) is -0.269. The molecule has 0 spiro atoms. The molecule has 6 heteroatoms. The molecule has 0 unspecified atom stereocenters. The molecule has 2 rings (SSSR count). The molecule has 19 heavy (non-hydrogen) atoms. The summed E-state index contributed by atoms with van der Waals surface area (Å²) >= 11 is 5.97. The zero-order valence-corrected chi connectivity index (χ0v) is 11.0. The van der Waals surface area contributed by atoms with Crippen LogP contribution in [-0.4, -0.2) is 47.6 Å². The molecule has 0 bridgehead atoms. The SMILES string of the molecule is O=C(Cc1ccccc1Cl)N[C@@H]1COC[C@@H](O)[C@H]1O. The van der Waals surface area contributed by atoms with E-state index in [1.54, 1.807) is 24.3 Å². The highest BCUT2D eigenvalue weighted by atomic mass is 35.5. The number of benzene rings is 1. The molecular formula is C13H16ClNO4. The second kappa shape index (κ2) is 6.34. The molecule has 0 aromatic heterocycles. The highest BCUT2D eigenvalue weighted by Crippen LogP contribution is 2.16. The van der Waals surface area contributed by atoms with E-state index in [1.807, 2.05) is 0 Å². The van der Waals surface area contributed by atoms with Gasteiger partial charge in [0.05, 0.1) is 25.7 Å². The summed E-state index contributed by atoms with van der Waals surface area (Å²) in [5, 5.41) is 22.4. The van der Waals surface area contributed by atoms with Crippen LogP contribution in [0.3, 0.4) is 0 Å². The zero-order valence-electron chi connectivity index (χ0n) is 10.3. The fourth-order valence-electron chi connectivity index (χ4n) is 1.98. The molecule has 1 saturated heterocycles. The third kappa shape index (κ3) is 3.67. The van der Waals surface area contributed by atoms with Gasteiger partial charge in [-0.15, -0.1) is 0 Å². The Morgan fingerprint density at radius 2 is 2.11 bits per heavy atom. The number of rotatable bonds is 3. The molecule has 1 aliphatic heterocycles. The topological polar surface area (TPSA) is 78.8 Å². The van der Waals surface area contributed by atoms with Gasteiger partial charge in [-0.2, -0.15) is 0 Å². The maximum atomic E-state index is 11.9. The monoisotopic (exact) mass is 285 g/mol. The predicted octanol–water partition coefficient (Wildman–Crippen LogP) is 0.119. The number of ether oxygens (including phenoxy) is 1. The van der Waals surface area contributed by atoms with Gasteiger partial charge in [-0.05, 0) is 11.6 Å². The van der Waals surface area contributed by atoms with Crippen molar-refractivity contribution in [2.45, 2.75) is 24.7 Å². The van der Waals surface area contributed by atoms with Gasteiger partial charge in [0.2, 0.25) is 5.91 Å². The van der Waals surface area contributed by atoms with Gasteiger partial charge >= 0.3 is 0 Å². The fraction of sp³-hybridized carbons (Fsp3) is 0.462. The lowest BCUT2D eigenvalue weighted by atomic mass is 10.0. The molecule has 1 aliphatic rings. The molecule has 0 aliphatic carbocycles. The first kappa shape index (κ1) is 14.3. The molecule has 104 valence electrons. The highest BCUT2D eigenvalue weighted by Gasteiger charge is 2.32. The lowest BCUT2D eigenvalue weighted by Crippen LogP contribution is -2.56. The van der Waals surface area contributed by atoms with E-state index in [9.17, 15) is 15.0 Å².